The average Bonchev–Trinajstić information content (AvgIpc) is 3.70. The van der Waals surface area contributed by atoms with Crippen molar-refractivity contribution in [3.8, 4) is 78.6 Å². The van der Waals surface area contributed by atoms with Crippen molar-refractivity contribution in [2.45, 2.75) is 39.9 Å². The molecule has 9 rings (SSSR count). The molecule has 0 amide bonds. The van der Waals surface area contributed by atoms with E-state index in [1.807, 2.05) is 108 Å². The third-order valence-electron chi connectivity index (χ3n) is 10.5. The number of aromatic hydroxyl groups is 1. The third kappa shape index (κ3) is 6.88. The number of rotatable bonds is 7. The summed E-state index contributed by atoms with van der Waals surface area (Å²) in [5, 5.41) is 11.5. The number of hydrogen-bond donors (Lipinski definition) is 1. The molecule has 7 aromatic carbocycles. The summed E-state index contributed by atoms with van der Waals surface area (Å²) in [6.07, 6.45) is 1.53. The molecule has 0 aliphatic carbocycles. The van der Waals surface area contributed by atoms with E-state index in [1.165, 1.54) is 6.20 Å². The molecule has 282 valence electrons. The minimum absolute atomic E-state index is 0.00651. The van der Waals surface area contributed by atoms with E-state index >= 15 is 0 Å². The molecular formula is C54H45N3O. The summed E-state index contributed by atoms with van der Waals surface area (Å²) in [5.41, 5.74) is 8.25. The van der Waals surface area contributed by atoms with Gasteiger partial charge in [-0.3, -0.25) is 9.55 Å². The molecule has 0 saturated heterocycles. The first-order chi connectivity index (χ1) is 32.2. The first-order valence-electron chi connectivity index (χ1n) is 24.1. The summed E-state index contributed by atoms with van der Waals surface area (Å²) >= 11 is 0. The smallest absolute Gasteiger partial charge is 0.149 e. The molecule has 0 unspecified atom stereocenters. The van der Waals surface area contributed by atoms with Crippen LogP contribution in [0.1, 0.15) is 51.2 Å². The van der Waals surface area contributed by atoms with Crippen LogP contribution in [-0.2, 0) is 5.41 Å². The number of phenols is 1. The highest BCUT2D eigenvalue weighted by Gasteiger charge is 2.24. The molecule has 4 nitrogen and oxygen atoms in total. The number of fused-ring (bicyclic) bond motifs is 1. The van der Waals surface area contributed by atoms with Gasteiger partial charge in [-0.2, -0.15) is 0 Å². The summed E-state index contributed by atoms with van der Waals surface area (Å²) in [6, 6.07) is 42.8. The van der Waals surface area contributed by atoms with Crippen LogP contribution in [0.4, 0.5) is 0 Å². The molecule has 0 atom stereocenters. The molecule has 0 radical (unpaired) electrons. The largest absolute Gasteiger partial charge is 0.507 e. The van der Waals surface area contributed by atoms with Crippen molar-refractivity contribution >= 4 is 11.0 Å². The zero-order chi connectivity index (χ0) is 48.4. The Balaban J connectivity index is 1.32. The van der Waals surface area contributed by atoms with Crippen molar-refractivity contribution in [1.82, 2.24) is 14.5 Å². The quantitative estimate of drug-likeness (QED) is 0.176. The fourth-order valence-electron chi connectivity index (χ4n) is 7.46. The van der Waals surface area contributed by atoms with Crippen molar-refractivity contribution in [2.24, 2.45) is 0 Å². The topological polar surface area (TPSA) is 50.9 Å². The number of hydrogen-bond acceptors (Lipinski definition) is 3. The number of nitrogens with zero attached hydrogens (tertiary/aromatic N) is 3. The van der Waals surface area contributed by atoms with Gasteiger partial charge >= 0.3 is 0 Å². The lowest BCUT2D eigenvalue weighted by molar-refractivity contribution is 0.477. The summed E-state index contributed by atoms with van der Waals surface area (Å²) < 4.78 is 86.5. The lowest BCUT2D eigenvalue weighted by Gasteiger charge is -2.22. The maximum atomic E-state index is 11.5. The molecule has 0 aliphatic heterocycles. The van der Waals surface area contributed by atoms with Gasteiger partial charge in [0.05, 0.1) is 33.5 Å². The van der Waals surface area contributed by atoms with E-state index in [0.717, 1.165) is 27.8 Å². The first-order valence-corrected chi connectivity index (χ1v) is 19.1. The molecule has 1 N–H and O–H groups in total. The van der Waals surface area contributed by atoms with E-state index in [-0.39, 0.29) is 22.3 Å². The summed E-state index contributed by atoms with van der Waals surface area (Å²) in [4.78, 5) is 10.1. The van der Waals surface area contributed by atoms with Crippen LogP contribution < -0.4 is 0 Å². The van der Waals surface area contributed by atoms with Crippen LogP contribution in [0.2, 0.25) is 0 Å². The molecule has 0 aliphatic rings. The standard InChI is InChI=1S/C54H45N3O/c1-35-23-25-37(26-24-35)40-27-28-55-48(33-40)42-30-41(31-43(32-42)54(3,4)5)44-20-14-21-49-52(44)56-53(45-19-12-13-22-51(45)58)57(49)50-34-46(38-15-8-6-9-16-38)36(2)29-47(50)39-17-10-7-11-18-39/h6-34,58H,1-5H3/i1D3,2D3,23D,24D,25D,26D. The van der Waals surface area contributed by atoms with Gasteiger partial charge < -0.3 is 5.11 Å². The van der Waals surface area contributed by atoms with Gasteiger partial charge in [-0.1, -0.05) is 141 Å². The minimum atomic E-state index is -2.84. The second-order valence-electron chi connectivity index (χ2n) is 15.3. The van der Waals surface area contributed by atoms with Crippen LogP contribution in [0.5, 0.6) is 5.75 Å². The Labute approximate surface area is 354 Å². The molecule has 2 heterocycles. The minimum Gasteiger partial charge on any atom is -0.507 e. The number of imidazole rings is 1. The maximum absolute atomic E-state index is 11.5. The highest BCUT2D eigenvalue weighted by atomic mass is 16.3. The van der Waals surface area contributed by atoms with Crippen LogP contribution >= 0.6 is 0 Å². The molecule has 0 fully saturated rings. The monoisotopic (exact) mass is 761 g/mol. The number of phenolic OH excluding ortho intramolecular Hbond substituents is 1. The predicted molar refractivity (Wildman–Crippen MR) is 241 cm³/mol. The lowest BCUT2D eigenvalue weighted by Crippen LogP contribution is -2.11. The van der Waals surface area contributed by atoms with Crippen LogP contribution in [0.15, 0.2) is 176 Å². The van der Waals surface area contributed by atoms with Gasteiger partial charge in [0.25, 0.3) is 0 Å². The van der Waals surface area contributed by atoms with Crippen LogP contribution in [0.25, 0.3) is 83.9 Å². The van der Waals surface area contributed by atoms with Crippen LogP contribution in [0, 0.1) is 13.7 Å². The Morgan fingerprint density at radius 2 is 1.26 bits per heavy atom. The zero-order valence-electron chi connectivity index (χ0n) is 42.2. The van der Waals surface area contributed by atoms with Crippen LogP contribution in [-0.4, -0.2) is 19.6 Å². The summed E-state index contributed by atoms with van der Waals surface area (Å²) in [7, 11) is 0. The lowest BCUT2D eigenvalue weighted by atomic mass is 9.83. The normalized spacial score (nSPS) is 14.5. The maximum Gasteiger partial charge on any atom is 0.149 e. The van der Waals surface area contributed by atoms with Crippen molar-refractivity contribution in [3.05, 3.63) is 193 Å². The van der Waals surface area contributed by atoms with E-state index in [2.05, 4.69) is 26.8 Å². The van der Waals surface area contributed by atoms with E-state index in [9.17, 15) is 5.11 Å². The third-order valence-corrected chi connectivity index (χ3v) is 10.5. The van der Waals surface area contributed by atoms with Gasteiger partial charge in [0.2, 0.25) is 0 Å². The molecule has 4 heteroatoms. The average molecular weight is 762 g/mol. The number of aromatic nitrogens is 3. The van der Waals surface area contributed by atoms with E-state index in [1.54, 1.807) is 36.4 Å². The highest BCUT2D eigenvalue weighted by Crippen LogP contribution is 2.43. The Morgan fingerprint density at radius 3 is 1.97 bits per heavy atom. The Bertz CT molecular complexity index is 3380. The molecule has 0 bridgehead atoms. The second-order valence-corrected chi connectivity index (χ2v) is 15.3. The Hall–Kier alpha value is -7.04. The second kappa shape index (κ2) is 14.8. The van der Waals surface area contributed by atoms with Gasteiger partial charge in [0.1, 0.15) is 11.6 Å². The number of benzene rings is 7. The molecular weight excluding hydrogens is 707 g/mol. The molecule has 0 spiro atoms. The summed E-state index contributed by atoms with van der Waals surface area (Å²) in [6.45, 7) is 0.988. The highest BCUT2D eigenvalue weighted by molar-refractivity contribution is 5.98. The first kappa shape index (κ1) is 26.7. The van der Waals surface area contributed by atoms with Gasteiger partial charge in [0.15, 0.2) is 0 Å². The number of pyridine rings is 1. The van der Waals surface area contributed by atoms with Gasteiger partial charge in [-0.05, 0) is 118 Å². The molecule has 2 aromatic heterocycles. The van der Waals surface area contributed by atoms with E-state index in [4.69, 9.17) is 23.7 Å². The van der Waals surface area contributed by atoms with Gasteiger partial charge in [0, 0.05) is 31.1 Å². The van der Waals surface area contributed by atoms with Gasteiger partial charge in [-0.15, -0.1) is 0 Å². The predicted octanol–water partition coefficient (Wildman–Crippen LogP) is 14.0. The zero-order valence-corrected chi connectivity index (χ0v) is 32.2. The Kier molecular flexibility index (Phi) is 6.82. The Morgan fingerprint density at radius 1 is 0.569 bits per heavy atom. The van der Waals surface area contributed by atoms with Gasteiger partial charge in [-0.25, -0.2) is 4.98 Å². The fraction of sp³-hybridized carbons (Fsp3) is 0.111. The number of aryl methyl sites for hydroxylation is 1. The molecule has 9 aromatic rings. The molecule has 0 saturated carbocycles. The summed E-state index contributed by atoms with van der Waals surface area (Å²) in [5.74, 6) is 0.432. The van der Waals surface area contributed by atoms with E-state index in [0.29, 0.717) is 56.1 Å². The number of para-hydroxylation sites is 2. The SMILES string of the molecule is [2H]c1c([2H])c(C([2H])([2H])[2H])c([2H])c([2H])c1-c1ccnc(-c2cc(-c3cccc4c3nc(-c3ccccc3O)n4-c3cc(-c4ccccc4)c(C([2H])([2H])[2H])cc3-c3ccccc3)cc(C(C)(C)C)c2)c1. The van der Waals surface area contributed by atoms with E-state index < -0.39 is 43.4 Å². The van der Waals surface area contributed by atoms with Crippen molar-refractivity contribution in [1.29, 1.82) is 0 Å². The van der Waals surface area contributed by atoms with Crippen LogP contribution in [0.3, 0.4) is 0 Å². The fourth-order valence-corrected chi connectivity index (χ4v) is 7.46. The van der Waals surface area contributed by atoms with Crippen molar-refractivity contribution < 1.29 is 18.8 Å². The molecule has 58 heavy (non-hydrogen) atoms. The van der Waals surface area contributed by atoms with Crippen molar-refractivity contribution in [3.63, 3.8) is 0 Å². The van der Waals surface area contributed by atoms with Crippen molar-refractivity contribution in [2.75, 3.05) is 0 Å².